The third kappa shape index (κ3) is 9.08. The first-order valence-electron chi connectivity index (χ1n) is 10.3. The van der Waals surface area contributed by atoms with Crippen LogP contribution in [-0.2, 0) is 19.2 Å². The Morgan fingerprint density at radius 1 is 0.767 bits per heavy atom. The predicted molar refractivity (Wildman–Crippen MR) is 112 cm³/mol. The van der Waals surface area contributed by atoms with Gasteiger partial charge in [-0.25, -0.2) is 4.79 Å². The maximum atomic E-state index is 12.9. The molecular formula is C20H38N4O6. The van der Waals surface area contributed by atoms with E-state index >= 15 is 0 Å². The highest BCUT2D eigenvalue weighted by molar-refractivity contribution is 5.94. The van der Waals surface area contributed by atoms with Crippen LogP contribution >= 0.6 is 0 Å². The summed E-state index contributed by atoms with van der Waals surface area (Å²) in [5.74, 6) is -3.53. The quantitative estimate of drug-likeness (QED) is 0.244. The van der Waals surface area contributed by atoms with E-state index in [2.05, 4.69) is 16.0 Å². The van der Waals surface area contributed by atoms with Crippen molar-refractivity contribution in [2.75, 3.05) is 0 Å². The predicted octanol–water partition coefficient (Wildman–Crippen LogP) is -0.408. The number of amides is 3. The summed E-state index contributed by atoms with van der Waals surface area (Å²) >= 11 is 0. The lowest BCUT2D eigenvalue weighted by Gasteiger charge is -2.28. The van der Waals surface area contributed by atoms with Crippen molar-refractivity contribution in [3.05, 3.63) is 0 Å². The van der Waals surface area contributed by atoms with Gasteiger partial charge in [0, 0.05) is 0 Å². The Bertz CT molecular complexity index is 606. The second kappa shape index (κ2) is 12.5. The van der Waals surface area contributed by atoms with Gasteiger partial charge in [0.1, 0.15) is 12.1 Å². The van der Waals surface area contributed by atoms with Crippen LogP contribution in [0.25, 0.3) is 0 Å². The van der Waals surface area contributed by atoms with Gasteiger partial charge >= 0.3 is 5.97 Å². The first kappa shape index (κ1) is 27.8. The van der Waals surface area contributed by atoms with E-state index < -0.39 is 54.0 Å². The van der Waals surface area contributed by atoms with E-state index in [4.69, 9.17) is 5.73 Å². The Hall–Kier alpha value is -2.20. The van der Waals surface area contributed by atoms with Crippen molar-refractivity contribution in [1.82, 2.24) is 16.0 Å². The van der Waals surface area contributed by atoms with Crippen LogP contribution in [0.2, 0.25) is 0 Å². The fraction of sp³-hybridized carbons (Fsp3) is 0.800. The molecule has 0 saturated heterocycles. The summed E-state index contributed by atoms with van der Waals surface area (Å²) in [5, 5.41) is 26.3. The van der Waals surface area contributed by atoms with E-state index in [9.17, 15) is 29.4 Å². The third-order valence-electron chi connectivity index (χ3n) is 4.65. The van der Waals surface area contributed by atoms with Crippen molar-refractivity contribution in [2.24, 2.45) is 23.5 Å². The number of hydrogen-bond acceptors (Lipinski definition) is 6. The molecule has 5 atom stereocenters. The largest absolute Gasteiger partial charge is 0.480 e. The fourth-order valence-corrected chi connectivity index (χ4v) is 2.69. The van der Waals surface area contributed by atoms with Gasteiger partial charge in [-0.2, -0.15) is 0 Å². The highest BCUT2D eigenvalue weighted by atomic mass is 16.4. The van der Waals surface area contributed by atoms with Crippen molar-refractivity contribution in [1.29, 1.82) is 0 Å². The lowest BCUT2D eigenvalue weighted by Crippen LogP contribution is -2.59. The van der Waals surface area contributed by atoms with Gasteiger partial charge in [0.15, 0.2) is 6.04 Å². The summed E-state index contributed by atoms with van der Waals surface area (Å²) < 4.78 is 0. The second-order valence-corrected chi connectivity index (χ2v) is 8.76. The van der Waals surface area contributed by atoms with Crippen LogP contribution in [0.15, 0.2) is 0 Å². The Morgan fingerprint density at radius 2 is 1.27 bits per heavy atom. The topological polar surface area (TPSA) is 171 Å². The van der Waals surface area contributed by atoms with Crippen LogP contribution in [0.4, 0.5) is 0 Å². The molecule has 0 aliphatic rings. The molecule has 10 nitrogen and oxygen atoms in total. The summed E-state index contributed by atoms with van der Waals surface area (Å²) in [6, 6.07) is -4.24. The molecule has 3 amide bonds. The molecule has 0 saturated carbocycles. The molecule has 0 bridgehead atoms. The molecule has 0 spiro atoms. The second-order valence-electron chi connectivity index (χ2n) is 8.76. The highest BCUT2D eigenvalue weighted by Crippen LogP contribution is 2.09. The van der Waals surface area contributed by atoms with E-state index in [0.29, 0.717) is 0 Å². The molecule has 30 heavy (non-hydrogen) atoms. The van der Waals surface area contributed by atoms with Crippen molar-refractivity contribution in [3.63, 3.8) is 0 Å². The fourth-order valence-electron chi connectivity index (χ4n) is 2.69. The number of carbonyl (C=O) groups is 4. The van der Waals surface area contributed by atoms with Gasteiger partial charge in [0.25, 0.3) is 0 Å². The third-order valence-corrected chi connectivity index (χ3v) is 4.65. The first-order valence-corrected chi connectivity index (χ1v) is 10.3. The lowest BCUT2D eigenvalue weighted by atomic mass is 9.98. The molecule has 0 rings (SSSR count). The zero-order valence-electron chi connectivity index (χ0n) is 18.9. The standard InChI is InChI=1S/C20H38N4O6/c1-9(2)8-13(17(26)24-16(12(7)25)20(29)30)22-19(28)15(11(5)6)23-18(27)14(21)10(3)4/h9-16,25H,8,21H2,1-7H3,(H,22,28)(H,23,27)(H,24,26)(H,29,30). The molecule has 0 aromatic rings. The van der Waals surface area contributed by atoms with Crippen molar-refractivity contribution < 1.29 is 29.4 Å². The van der Waals surface area contributed by atoms with E-state index in [1.165, 1.54) is 6.92 Å². The number of carboxylic acid groups (broad SMARTS) is 1. The molecule has 0 aliphatic carbocycles. The summed E-state index contributed by atoms with van der Waals surface area (Å²) in [6.45, 7) is 12.0. The number of carbonyl (C=O) groups excluding carboxylic acids is 3. The average molecular weight is 431 g/mol. The number of nitrogens with two attached hydrogens (primary N) is 1. The smallest absolute Gasteiger partial charge is 0.328 e. The Labute approximate surface area is 178 Å². The Morgan fingerprint density at radius 3 is 1.63 bits per heavy atom. The summed E-state index contributed by atoms with van der Waals surface area (Å²) in [6.07, 6.45) is -1.07. The van der Waals surface area contributed by atoms with Crippen LogP contribution in [0, 0.1) is 17.8 Å². The monoisotopic (exact) mass is 430 g/mol. The Kier molecular flexibility index (Phi) is 11.6. The molecule has 174 valence electrons. The van der Waals surface area contributed by atoms with Crippen molar-refractivity contribution in [3.8, 4) is 0 Å². The van der Waals surface area contributed by atoms with Crippen LogP contribution in [0.5, 0.6) is 0 Å². The molecule has 10 heteroatoms. The minimum atomic E-state index is -1.51. The number of aliphatic carboxylic acids is 1. The van der Waals surface area contributed by atoms with Gasteiger partial charge in [-0.15, -0.1) is 0 Å². The molecule has 0 aliphatic heterocycles. The minimum absolute atomic E-state index is 0.0114. The maximum absolute atomic E-state index is 12.9. The summed E-state index contributed by atoms with van der Waals surface area (Å²) in [7, 11) is 0. The number of hydrogen-bond donors (Lipinski definition) is 6. The van der Waals surface area contributed by atoms with Crippen molar-refractivity contribution >= 4 is 23.7 Å². The van der Waals surface area contributed by atoms with Gasteiger partial charge in [-0.05, 0) is 31.1 Å². The number of rotatable bonds is 12. The van der Waals surface area contributed by atoms with Crippen LogP contribution < -0.4 is 21.7 Å². The van der Waals surface area contributed by atoms with Gasteiger partial charge < -0.3 is 31.9 Å². The zero-order chi connectivity index (χ0) is 23.8. The summed E-state index contributed by atoms with van der Waals surface area (Å²) in [4.78, 5) is 49.1. The minimum Gasteiger partial charge on any atom is -0.480 e. The molecule has 0 aromatic heterocycles. The molecule has 5 unspecified atom stereocenters. The van der Waals surface area contributed by atoms with Gasteiger partial charge in [0.05, 0.1) is 12.1 Å². The molecule has 0 aromatic carbocycles. The van der Waals surface area contributed by atoms with Crippen LogP contribution in [0.1, 0.15) is 54.9 Å². The van der Waals surface area contributed by atoms with Gasteiger partial charge in [-0.3, -0.25) is 14.4 Å². The van der Waals surface area contributed by atoms with E-state index in [1.54, 1.807) is 27.7 Å². The van der Waals surface area contributed by atoms with E-state index in [0.717, 1.165) is 0 Å². The maximum Gasteiger partial charge on any atom is 0.328 e. The zero-order valence-corrected chi connectivity index (χ0v) is 18.9. The molecule has 0 radical (unpaired) electrons. The SMILES string of the molecule is CC(C)CC(NC(=O)C(NC(=O)C(N)C(C)C)C(C)C)C(=O)NC(C(=O)O)C(C)O. The van der Waals surface area contributed by atoms with E-state index in [1.807, 2.05) is 13.8 Å². The number of carboxylic acids is 1. The van der Waals surface area contributed by atoms with E-state index in [-0.39, 0.29) is 24.2 Å². The number of aliphatic hydroxyl groups excluding tert-OH is 1. The summed E-state index contributed by atoms with van der Waals surface area (Å²) in [5.41, 5.74) is 5.85. The lowest BCUT2D eigenvalue weighted by molar-refractivity contribution is -0.145. The molecule has 0 fully saturated rings. The highest BCUT2D eigenvalue weighted by Gasteiger charge is 2.33. The molecule has 7 N–H and O–H groups in total. The van der Waals surface area contributed by atoms with Crippen LogP contribution in [-0.4, -0.2) is 64.2 Å². The molecular weight excluding hydrogens is 392 g/mol. The average Bonchev–Trinajstić information content (AvgIpc) is 2.60. The van der Waals surface area contributed by atoms with Gasteiger partial charge in [-0.1, -0.05) is 41.5 Å². The van der Waals surface area contributed by atoms with Crippen LogP contribution in [0.3, 0.4) is 0 Å². The normalized spacial score (nSPS) is 16.5. The van der Waals surface area contributed by atoms with Gasteiger partial charge in [0.2, 0.25) is 17.7 Å². The first-order chi connectivity index (χ1) is 13.7. The number of nitrogens with one attached hydrogen (secondary N) is 3. The molecule has 0 heterocycles. The number of aliphatic hydroxyl groups is 1. The van der Waals surface area contributed by atoms with Crippen molar-refractivity contribution in [2.45, 2.75) is 85.2 Å². The Balaban J connectivity index is 5.45.